The normalized spacial score (nSPS) is 9.45. The first kappa shape index (κ1) is 18.2. The fraction of sp³-hybridized carbons (Fsp3) is 0.385. The Bertz CT molecular complexity index is 423. The number of hydrogen-bond donors (Lipinski definition) is 4. The number of anilines is 1. The maximum absolute atomic E-state index is 11.8. The number of halogens is 1. The van der Waals surface area contributed by atoms with Crippen molar-refractivity contribution in [3.63, 3.8) is 0 Å². The van der Waals surface area contributed by atoms with Crippen LogP contribution in [-0.4, -0.2) is 31.6 Å². The lowest BCUT2D eigenvalue weighted by molar-refractivity contribution is 0.0954. The van der Waals surface area contributed by atoms with Crippen molar-refractivity contribution in [3.8, 4) is 0 Å². The molecule has 0 unspecified atom stereocenters. The molecule has 0 bridgehead atoms. The Balaban J connectivity index is 0.00000361. The van der Waals surface area contributed by atoms with E-state index in [0.29, 0.717) is 17.8 Å². The molecule has 1 aromatic rings. The molecule has 0 aliphatic heterocycles. The third kappa shape index (κ3) is 6.96. The number of primary amides is 1. The van der Waals surface area contributed by atoms with Gasteiger partial charge in [-0.2, -0.15) is 0 Å². The van der Waals surface area contributed by atoms with Crippen molar-refractivity contribution in [2.24, 2.45) is 5.73 Å². The van der Waals surface area contributed by atoms with E-state index in [2.05, 4.69) is 22.9 Å². The van der Waals surface area contributed by atoms with Gasteiger partial charge in [-0.1, -0.05) is 6.92 Å². The third-order valence-corrected chi connectivity index (χ3v) is 2.43. The monoisotopic (exact) mass is 300 g/mol. The van der Waals surface area contributed by atoms with Crippen LogP contribution in [0.1, 0.15) is 23.7 Å². The van der Waals surface area contributed by atoms with Crippen LogP contribution >= 0.6 is 12.4 Å². The van der Waals surface area contributed by atoms with E-state index >= 15 is 0 Å². The molecule has 0 spiro atoms. The second-order valence-corrected chi connectivity index (χ2v) is 4.07. The SMILES string of the molecule is CCCNCCNC(=O)c1ccc(NC(N)=O)cc1.Cl. The first-order chi connectivity index (χ1) is 9.13. The average molecular weight is 301 g/mol. The molecule has 0 aliphatic rings. The van der Waals surface area contributed by atoms with Gasteiger partial charge in [-0.3, -0.25) is 4.79 Å². The molecule has 5 N–H and O–H groups in total. The van der Waals surface area contributed by atoms with E-state index in [1.54, 1.807) is 24.3 Å². The maximum atomic E-state index is 11.8. The Labute approximate surface area is 124 Å². The number of amides is 3. The summed E-state index contributed by atoms with van der Waals surface area (Å²) in [5, 5.41) is 8.44. The molecule has 0 saturated carbocycles. The highest BCUT2D eigenvalue weighted by Gasteiger charge is 2.04. The molecule has 0 atom stereocenters. The largest absolute Gasteiger partial charge is 0.351 e. The fourth-order valence-electron chi connectivity index (χ4n) is 1.52. The number of hydrogen-bond acceptors (Lipinski definition) is 3. The highest BCUT2D eigenvalue weighted by Crippen LogP contribution is 2.08. The summed E-state index contributed by atoms with van der Waals surface area (Å²) in [6.07, 6.45) is 1.07. The lowest BCUT2D eigenvalue weighted by Crippen LogP contribution is -2.32. The number of nitrogens with two attached hydrogens (primary N) is 1. The molecule has 6 nitrogen and oxygen atoms in total. The zero-order valence-electron chi connectivity index (χ0n) is 11.4. The molecule has 0 aromatic heterocycles. The molecular formula is C13H21ClN4O2. The summed E-state index contributed by atoms with van der Waals surface area (Å²) in [6.45, 7) is 4.37. The molecule has 3 amide bonds. The third-order valence-electron chi connectivity index (χ3n) is 2.43. The predicted octanol–water partition coefficient (Wildman–Crippen LogP) is 1.33. The lowest BCUT2D eigenvalue weighted by Gasteiger charge is -2.07. The summed E-state index contributed by atoms with van der Waals surface area (Å²) < 4.78 is 0. The summed E-state index contributed by atoms with van der Waals surface area (Å²) in [4.78, 5) is 22.4. The highest BCUT2D eigenvalue weighted by molar-refractivity contribution is 5.95. The molecule has 1 aromatic carbocycles. The van der Waals surface area contributed by atoms with Gasteiger partial charge in [-0.25, -0.2) is 4.79 Å². The summed E-state index contributed by atoms with van der Waals surface area (Å²) in [7, 11) is 0. The van der Waals surface area contributed by atoms with E-state index in [1.807, 2.05) is 0 Å². The Hall–Kier alpha value is -1.79. The predicted molar refractivity (Wildman–Crippen MR) is 82.4 cm³/mol. The zero-order chi connectivity index (χ0) is 14.1. The summed E-state index contributed by atoms with van der Waals surface area (Å²) in [5.41, 5.74) is 6.10. The molecule has 1 rings (SSSR count). The quantitative estimate of drug-likeness (QED) is 0.572. The van der Waals surface area contributed by atoms with Gasteiger partial charge in [-0.05, 0) is 37.2 Å². The van der Waals surface area contributed by atoms with E-state index in [9.17, 15) is 9.59 Å². The second-order valence-electron chi connectivity index (χ2n) is 4.07. The molecule has 0 heterocycles. The smallest absolute Gasteiger partial charge is 0.316 e. The second kappa shape index (κ2) is 10.1. The first-order valence-corrected chi connectivity index (χ1v) is 6.29. The lowest BCUT2D eigenvalue weighted by atomic mass is 10.2. The molecule has 0 aliphatic carbocycles. The fourth-order valence-corrected chi connectivity index (χ4v) is 1.52. The van der Waals surface area contributed by atoms with Crippen LogP contribution in [0.15, 0.2) is 24.3 Å². The first-order valence-electron chi connectivity index (χ1n) is 6.29. The standard InChI is InChI=1S/C13H20N4O2.ClH/c1-2-7-15-8-9-16-12(18)10-3-5-11(6-4-10)17-13(14)19;/h3-6,15H,2,7-9H2,1H3,(H,16,18)(H3,14,17,19);1H. The van der Waals surface area contributed by atoms with Crippen LogP contribution in [-0.2, 0) is 0 Å². The summed E-state index contributed by atoms with van der Waals surface area (Å²) in [6, 6.07) is 5.92. The average Bonchev–Trinajstić information content (AvgIpc) is 2.38. The van der Waals surface area contributed by atoms with Gasteiger partial charge in [0.05, 0.1) is 0 Å². The van der Waals surface area contributed by atoms with Crippen molar-refractivity contribution < 1.29 is 9.59 Å². The molecule has 20 heavy (non-hydrogen) atoms. The van der Waals surface area contributed by atoms with Crippen LogP contribution in [0.3, 0.4) is 0 Å². The molecule has 7 heteroatoms. The van der Waals surface area contributed by atoms with Crippen molar-refractivity contribution in [1.29, 1.82) is 0 Å². The van der Waals surface area contributed by atoms with Gasteiger partial charge in [0, 0.05) is 24.3 Å². The number of urea groups is 1. The summed E-state index contributed by atoms with van der Waals surface area (Å²) in [5.74, 6) is -0.135. The summed E-state index contributed by atoms with van der Waals surface area (Å²) >= 11 is 0. The van der Waals surface area contributed by atoms with Gasteiger partial charge >= 0.3 is 6.03 Å². The maximum Gasteiger partial charge on any atom is 0.316 e. The number of rotatable bonds is 7. The van der Waals surface area contributed by atoms with Crippen LogP contribution < -0.4 is 21.7 Å². The van der Waals surface area contributed by atoms with Crippen LogP contribution in [0, 0.1) is 0 Å². The van der Waals surface area contributed by atoms with Crippen LogP contribution in [0.25, 0.3) is 0 Å². The van der Waals surface area contributed by atoms with Crippen molar-refractivity contribution in [2.75, 3.05) is 25.0 Å². The minimum absolute atomic E-state index is 0. The molecular weight excluding hydrogens is 280 g/mol. The molecule has 112 valence electrons. The minimum atomic E-state index is -0.626. The molecule has 0 saturated heterocycles. The van der Waals surface area contributed by atoms with Crippen LogP contribution in [0.2, 0.25) is 0 Å². The van der Waals surface area contributed by atoms with E-state index in [0.717, 1.165) is 19.5 Å². The van der Waals surface area contributed by atoms with Crippen LogP contribution in [0.5, 0.6) is 0 Å². The molecule has 0 fully saturated rings. The molecule has 0 radical (unpaired) electrons. The number of carbonyl (C=O) groups excluding carboxylic acids is 2. The van der Waals surface area contributed by atoms with Gasteiger partial charge in [0.2, 0.25) is 0 Å². The minimum Gasteiger partial charge on any atom is -0.351 e. The topological polar surface area (TPSA) is 96.2 Å². The van der Waals surface area contributed by atoms with Crippen molar-refractivity contribution in [1.82, 2.24) is 10.6 Å². The van der Waals surface area contributed by atoms with Gasteiger partial charge in [-0.15, -0.1) is 12.4 Å². The van der Waals surface area contributed by atoms with E-state index in [4.69, 9.17) is 5.73 Å². The Morgan fingerprint density at radius 3 is 2.30 bits per heavy atom. The Morgan fingerprint density at radius 1 is 1.10 bits per heavy atom. The van der Waals surface area contributed by atoms with Gasteiger partial charge < -0.3 is 21.7 Å². The van der Waals surface area contributed by atoms with Gasteiger partial charge in [0.15, 0.2) is 0 Å². The van der Waals surface area contributed by atoms with Gasteiger partial charge in [0.1, 0.15) is 0 Å². The number of benzene rings is 1. The highest BCUT2D eigenvalue weighted by atomic mass is 35.5. The van der Waals surface area contributed by atoms with Crippen molar-refractivity contribution in [2.45, 2.75) is 13.3 Å². The van der Waals surface area contributed by atoms with Crippen LogP contribution in [0.4, 0.5) is 10.5 Å². The zero-order valence-corrected chi connectivity index (χ0v) is 12.3. The van der Waals surface area contributed by atoms with E-state index < -0.39 is 6.03 Å². The van der Waals surface area contributed by atoms with Gasteiger partial charge in [0.25, 0.3) is 5.91 Å². The van der Waals surface area contributed by atoms with E-state index in [1.165, 1.54) is 0 Å². The van der Waals surface area contributed by atoms with Crippen molar-refractivity contribution in [3.05, 3.63) is 29.8 Å². The Kier molecular flexibility index (Phi) is 9.15. The number of carbonyl (C=O) groups is 2. The Morgan fingerprint density at radius 2 is 1.75 bits per heavy atom. The van der Waals surface area contributed by atoms with E-state index in [-0.39, 0.29) is 18.3 Å². The van der Waals surface area contributed by atoms with Crippen molar-refractivity contribution >= 4 is 30.0 Å². The number of nitrogens with one attached hydrogen (secondary N) is 3.